The zero-order valence-electron chi connectivity index (χ0n) is 11.7. The van der Waals surface area contributed by atoms with Crippen molar-refractivity contribution in [2.45, 2.75) is 65.8 Å². The van der Waals surface area contributed by atoms with Crippen molar-refractivity contribution in [2.24, 2.45) is 0 Å². The monoisotopic (exact) mass is 252 g/mol. The minimum atomic E-state index is -0.788. The van der Waals surface area contributed by atoms with Crippen LogP contribution < -0.4 is 0 Å². The summed E-state index contributed by atoms with van der Waals surface area (Å²) in [5.41, 5.74) is 2.73. The van der Waals surface area contributed by atoms with Gasteiger partial charge in [0.15, 0.2) is 0 Å². The maximum Gasteiger partial charge on any atom is 0.307 e. The van der Waals surface area contributed by atoms with E-state index in [1.165, 1.54) is 25.7 Å². The molecule has 0 atom stereocenters. The number of unbranched alkanes of at least 4 members (excludes halogenated alkanes) is 4. The normalized spacial score (nSPS) is 10.8. The fourth-order valence-corrected chi connectivity index (χ4v) is 2.22. The maximum atomic E-state index is 10.8. The first kappa shape index (κ1) is 14.7. The summed E-state index contributed by atoms with van der Waals surface area (Å²) in [6.45, 7) is 6.96. The molecule has 102 valence electrons. The molecule has 1 N–H and O–H groups in total. The highest BCUT2D eigenvalue weighted by Crippen LogP contribution is 2.15. The minimum Gasteiger partial charge on any atom is -0.481 e. The first-order valence-corrected chi connectivity index (χ1v) is 6.81. The molecule has 1 rings (SSSR count). The van der Waals surface area contributed by atoms with Gasteiger partial charge in [0.05, 0.1) is 12.1 Å². The minimum absolute atomic E-state index is 0.0769. The van der Waals surface area contributed by atoms with Crippen molar-refractivity contribution in [1.29, 1.82) is 0 Å². The van der Waals surface area contributed by atoms with E-state index >= 15 is 0 Å². The van der Waals surface area contributed by atoms with E-state index in [9.17, 15) is 4.79 Å². The Hall–Kier alpha value is -1.32. The Morgan fingerprint density at radius 3 is 2.50 bits per heavy atom. The lowest BCUT2D eigenvalue weighted by Crippen LogP contribution is -2.05. The topological polar surface area (TPSA) is 55.1 Å². The molecule has 0 unspecified atom stereocenters. The Bertz CT molecular complexity index is 397. The fourth-order valence-electron chi connectivity index (χ4n) is 2.22. The lowest BCUT2D eigenvalue weighted by Gasteiger charge is -2.04. The van der Waals surface area contributed by atoms with Crippen LogP contribution in [0.15, 0.2) is 0 Å². The smallest absolute Gasteiger partial charge is 0.307 e. The number of carboxylic acid groups (broad SMARTS) is 1. The molecule has 0 fully saturated rings. The Kier molecular flexibility index (Phi) is 5.89. The van der Waals surface area contributed by atoms with Crippen molar-refractivity contribution in [3.05, 3.63) is 17.0 Å². The summed E-state index contributed by atoms with van der Waals surface area (Å²) in [4.78, 5) is 10.8. The molecule has 0 bridgehead atoms. The van der Waals surface area contributed by atoms with Gasteiger partial charge in [-0.3, -0.25) is 9.48 Å². The molecule has 4 heteroatoms. The van der Waals surface area contributed by atoms with Gasteiger partial charge in [0.25, 0.3) is 0 Å². The molecule has 0 saturated carbocycles. The van der Waals surface area contributed by atoms with Crippen LogP contribution in [0.4, 0.5) is 0 Å². The van der Waals surface area contributed by atoms with Crippen LogP contribution in [-0.2, 0) is 17.8 Å². The summed E-state index contributed by atoms with van der Waals surface area (Å²) in [6.07, 6.45) is 6.24. The molecule has 18 heavy (non-hydrogen) atoms. The van der Waals surface area contributed by atoms with E-state index < -0.39 is 5.97 Å². The van der Waals surface area contributed by atoms with Gasteiger partial charge in [0.1, 0.15) is 0 Å². The predicted octanol–water partition coefficient (Wildman–Crippen LogP) is 3.10. The molecule has 0 amide bonds. The highest BCUT2D eigenvalue weighted by molar-refractivity contribution is 5.70. The zero-order valence-corrected chi connectivity index (χ0v) is 11.7. The Balaban J connectivity index is 2.53. The molecular formula is C14H24N2O2. The standard InChI is InChI=1S/C14H24N2O2/c1-4-5-6-7-8-9-16-12(3)13(10-14(17)18)11(2)15-16/h4-10H2,1-3H3,(H,17,18). The lowest BCUT2D eigenvalue weighted by atomic mass is 10.1. The molecule has 1 aromatic heterocycles. The molecule has 4 nitrogen and oxygen atoms in total. The van der Waals surface area contributed by atoms with Gasteiger partial charge in [-0.2, -0.15) is 5.10 Å². The number of carboxylic acids is 1. The molecule has 0 radical (unpaired) electrons. The van der Waals surface area contributed by atoms with Crippen molar-refractivity contribution in [1.82, 2.24) is 9.78 Å². The van der Waals surface area contributed by atoms with Crippen molar-refractivity contribution in [3.63, 3.8) is 0 Å². The van der Waals surface area contributed by atoms with Crippen LogP contribution in [0, 0.1) is 13.8 Å². The van der Waals surface area contributed by atoms with Gasteiger partial charge in [-0.15, -0.1) is 0 Å². The number of aromatic nitrogens is 2. The van der Waals surface area contributed by atoms with Gasteiger partial charge < -0.3 is 5.11 Å². The average molecular weight is 252 g/mol. The first-order valence-electron chi connectivity index (χ1n) is 6.81. The van der Waals surface area contributed by atoms with E-state index in [1.54, 1.807) is 0 Å². The van der Waals surface area contributed by atoms with E-state index in [1.807, 2.05) is 18.5 Å². The molecule has 0 aliphatic carbocycles. The van der Waals surface area contributed by atoms with Gasteiger partial charge in [0.2, 0.25) is 0 Å². The van der Waals surface area contributed by atoms with Crippen LogP contribution in [0.1, 0.15) is 56.0 Å². The SMILES string of the molecule is CCCCCCCn1nc(C)c(CC(=O)O)c1C. The van der Waals surface area contributed by atoms with Gasteiger partial charge in [-0.25, -0.2) is 0 Å². The second-order valence-corrected chi connectivity index (χ2v) is 4.86. The predicted molar refractivity (Wildman–Crippen MR) is 71.8 cm³/mol. The van der Waals surface area contributed by atoms with Gasteiger partial charge in [0, 0.05) is 17.8 Å². The lowest BCUT2D eigenvalue weighted by molar-refractivity contribution is -0.136. The zero-order chi connectivity index (χ0) is 13.5. The van der Waals surface area contributed by atoms with Crippen molar-refractivity contribution in [3.8, 4) is 0 Å². The first-order chi connectivity index (χ1) is 8.56. The van der Waals surface area contributed by atoms with E-state index in [-0.39, 0.29) is 6.42 Å². The van der Waals surface area contributed by atoms with Gasteiger partial charge >= 0.3 is 5.97 Å². The average Bonchev–Trinajstić information content (AvgIpc) is 2.56. The van der Waals surface area contributed by atoms with Crippen molar-refractivity contribution < 1.29 is 9.90 Å². The summed E-state index contributed by atoms with van der Waals surface area (Å²) in [6, 6.07) is 0. The largest absolute Gasteiger partial charge is 0.481 e. The molecule has 0 aliphatic rings. The van der Waals surface area contributed by atoms with E-state index in [4.69, 9.17) is 5.11 Å². The van der Waals surface area contributed by atoms with Gasteiger partial charge in [-0.05, 0) is 20.3 Å². The molecular weight excluding hydrogens is 228 g/mol. The molecule has 0 aliphatic heterocycles. The third-order valence-corrected chi connectivity index (χ3v) is 3.33. The second kappa shape index (κ2) is 7.19. The molecule has 0 aromatic carbocycles. The van der Waals surface area contributed by atoms with Crippen LogP contribution in [0.25, 0.3) is 0 Å². The molecule has 1 heterocycles. The summed E-state index contributed by atoms with van der Waals surface area (Å²) in [5.74, 6) is -0.788. The highest BCUT2D eigenvalue weighted by atomic mass is 16.4. The van der Waals surface area contributed by atoms with Crippen LogP contribution in [-0.4, -0.2) is 20.9 Å². The summed E-state index contributed by atoms with van der Waals surface area (Å²) in [7, 11) is 0. The van der Waals surface area contributed by atoms with Gasteiger partial charge in [-0.1, -0.05) is 32.6 Å². The number of hydrogen-bond acceptors (Lipinski definition) is 2. The molecule has 0 saturated heterocycles. The van der Waals surface area contributed by atoms with E-state index in [2.05, 4.69) is 12.0 Å². The highest BCUT2D eigenvalue weighted by Gasteiger charge is 2.13. The summed E-state index contributed by atoms with van der Waals surface area (Å²) in [5, 5.41) is 13.3. The Morgan fingerprint density at radius 1 is 1.22 bits per heavy atom. The Labute approximate surface area is 109 Å². The molecule has 0 spiro atoms. The Morgan fingerprint density at radius 2 is 1.89 bits per heavy atom. The van der Waals surface area contributed by atoms with Crippen LogP contribution in [0.3, 0.4) is 0 Å². The van der Waals surface area contributed by atoms with Crippen LogP contribution in [0.5, 0.6) is 0 Å². The van der Waals surface area contributed by atoms with E-state index in [0.29, 0.717) is 0 Å². The number of carbonyl (C=O) groups is 1. The van der Waals surface area contributed by atoms with E-state index in [0.717, 1.165) is 29.9 Å². The number of nitrogens with zero attached hydrogens (tertiary/aromatic N) is 2. The second-order valence-electron chi connectivity index (χ2n) is 4.86. The number of rotatable bonds is 8. The number of hydrogen-bond donors (Lipinski definition) is 1. The number of aliphatic carboxylic acids is 1. The quantitative estimate of drug-likeness (QED) is 0.723. The third kappa shape index (κ3) is 4.17. The third-order valence-electron chi connectivity index (χ3n) is 3.33. The summed E-state index contributed by atoms with van der Waals surface area (Å²) >= 11 is 0. The van der Waals surface area contributed by atoms with Crippen LogP contribution >= 0.6 is 0 Å². The van der Waals surface area contributed by atoms with Crippen molar-refractivity contribution >= 4 is 5.97 Å². The maximum absolute atomic E-state index is 10.8. The van der Waals surface area contributed by atoms with Crippen LogP contribution in [0.2, 0.25) is 0 Å². The molecule has 1 aromatic rings. The summed E-state index contributed by atoms with van der Waals surface area (Å²) < 4.78 is 1.96. The number of aryl methyl sites for hydroxylation is 2. The fraction of sp³-hybridized carbons (Fsp3) is 0.714. The van der Waals surface area contributed by atoms with Crippen molar-refractivity contribution in [2.75, 3.05) is 0 Å².